The smallest absolute Gasteiger partial charge is 0.347 e. The Bertz CT molecular complexity index is 1030. The van der Waals surface area contributed by atoms with Gasteiger partial charge in [-0.2, -0.15) is 0 Å². The zero-order valence-electron chi connectivity index (χ0n) is 11.3. The van der Waals surface area contributed by atoms with Gasteiger partial charge in [0.15, 0.2) is 0 Å². The van der Waals surface area contributed by atoms with Crippen LogP contribution in [0.5, 0.6) is 0 Å². The Kier molecular flexibility index (Phi) is 2.41. The van der Waals surface area contributed by atoms with Crippen molar-refractivity contribution >= 4 is 16.7 Å². The molecule has 0 N–H and O–H groups in total. The quantitative estimate of drug-likeness (QED) is 0.537. The molecule has 102 valence electrons. The third-order valence-corrected chi connectivity index (χ3v) is 3.38. The lowest BCUT2D eigenvalue weighted by Crippen LogP contribution is -2.03. The number of fused-ring (bicyclic) bond motifs is 2. The van der Waals surface area contributed by atoms with Crippen molar-refractivity contribution in [2.75, 3.05) is 0 Å². The molecule has 0 radical (unpaired) electrons. The van der Waals surface area contributed by atoms with Gasteiger partial charge in [-0.1, -0.05) is 6.07 Å². The molecule has 5 nitrogen and oxygen atoms in total. The van der Waals surface area contributed by atoms with Crippen LogP contribution in [0.15, 0.2) is 58.1 Å². The maximum atomic E-state index is 12.1. The highest BCUT2D eigenvalue weighted by molar-refractivity contribution is 5.78. The maximum Gasteiger partial charge on any atom is 0.347 e. The highest BCUT2D eigenvalue weighted by Gasteiger charge is 2.11. The summed E-state index contributed by atoms with van der Waals surface area (Å²) in [7, 11) is 0. The highest BCUT2D eigenvalue weighted by Crippen LogP contribution is 2.20. The normalized spacial score (nSPS) is 11.3. The summed E-state index contributed by atoms with van der Waals surface area (Å²) < 4.78 is 7.15. The van der Waals surface area contributed by atoms with E-state index in [1.54, 1.807) is 18.3 Å². The van der Waals surface area contributed by atoms with Crippen molar-refractivity contribution in [3.05, 3.63) is 64.9 Å². The molecule has 4 aromatic heterocycles. The average molecular weight is 277 g/mol. The van der Waals surface area contributed by atoms with Gasteiger partial charge in [0.1, 0.15) is 5.65 Å². The van der Waals surface area contributed by atoms with Gasteiger partial charge in [0.25, 0.3) is 0 Å². The zero-order valence-corrected chi connectivity index (χ0v) is 11.3. The minimum absolute atomic E-state index is 0.339. The first-order chi connectivity index (χ1) is 10.2. The molecule has 0 unspecified atom stereocenters. The van der Waals surface area contributed by atoms with Crippen molar-refractivity contribution in [2.24, 2.45) is 0 Å². The van der Waals surface area contributed by atoms with Crippen LogP contribution in [0.4, 0.5) is 0 Å². The molecule has 5 heteroatoms. The lowest BCUT2D eigenvalue weighted by atomic mass is 10.2. The SMILES string of the molecule is Cc1ccc2nc(-c3cc4cccnc4oc3=O)cn2c1. The molecular formula is C16H11N3O2. The Balaban J connectivity index is 1.99. The Morgan fingerprint density at radius 1 is 1.19 bits per heavy atom. The summed E-state index contributed by atoms with van der Waals surface area (Å²) >= 11 is 0. The van der Waals surface area contributed by atoms with Crippen LogP contribution in [0.2, 0.25) is 0 Å². The Morgan fingerprint density at radius 2 is 2.10 bits per heavy atom. The van der Waals surface area contributed by atoms with Crippen LogP contribution in [0, 0.1) is 6.92 Å². The standard InChI is InChI=1S/C16H11N3O2/c1-10-4-5-14-18-13(9-19(14)8-10)12-7-11-3-2-6-17-15(11)21-16(12)20/h2-9H,1H3. The highest BCUT2D eigenvalue weighted by atomic mass is 16.4. The van der Waals surface area contributed by atoms with Crippen molar-refractivity contribution in [1.29, 1.82) is 0 Å². The van der Waals surface area contributed by atoms with Crippen molar-refractivity contribution in [2.45, 2.75) is 6.92 Å². The van der Waals surface area contributed by atoms with Crippen molar-refractivity contribution in [3.63, 3.8) is 0 Å². The fourth-order valence-electron chi connectivity index (χ4n) is 2.37. The first-order valence-corrected chi connectivity index (χ1v) is 6.55. The van der Waals surface area contributed by atoms with Crippen LogP contribution < -0.4 is 5.63 Å². The van der Waals surface area contributed by atoms with E-state index >= 15 is 0 Å². The number of hydrogen-bond acceptors (Lipinski definition) is 4. The first kappa shape index (κ1) is 11.8. The topological polar surface area (TPSA) is 60.4 Å². The van der Waals surface area contributed by atoms with Gasteiger partial charge in [-0.15, -0.1) is 0 Å². The fourth-order valence-corrected chi connectivity index (χ4v) is 2.37. The molecule has 0 aromatic carbocycles. The summed E-state index contributed by atoms with van der Waals surface area (Å²) in [6.45, 7) is 2.01. The number of hydrogen-bond donors (Lipinski definition) is 0. The third kappa shape index (κ3) is 1.90. The molecule has 4 rings (SSSR count). The van der Waals surface area contributed by atoms with Crippen LogP contribution in [0.25, 0.3) is 28.0 Å². The summed E-state index contributed by atoms with van der Waals surface area (Å²) in [5.41, 5.74) is 2.87. The summed E-state index contributed by atoms with van der Waals surface area (Å²) in [6.07, 6.45) is 5.39. The third-order valence-electron chi connectivity index (χ3n) is 3.38. The molecule has 0 saturated heterocycles. The number of pyridine rings is 2. The monoisotopic (exact) mass is 277 g/mol. The van der Waals surface area contributed by atoms with Gasteiger partial charge < -0.3 is 8.82 Å². The molecule has 0 bridgehead atoms. The lowest BCUT2D eigenvalue weighted by molar-refractivity contribution is 0.552. The molecule has 0 atom stereocenters. The molecule has 0 fully saturated rings. The molecule has 0 aliphatic rings. The Labute approximate surface area is 119 Å². The van der Waals surface area contributed by atoms with Crippen molar-refractivity contribution in [3.8, 4) is 11.3 Å². The molecule has 0 amide bonds. The number of aromatic nitrogens is 3. The van der Waals surface area contributed by atoms with E-state index in [1.165, 1.54) is 0 Å². The number of aryl methyl sites for hydroxylation is 1. The largest absolute Gasteiger partial charge is 0.403 e. The Hall–Kier alpha value is -2.95. The van der Waals surface area contributed by atoms with Gasteiger partial charge in [0.05, 0.1) is 11.3 Å². The van der Waals surface area contributed by atoms with Gasteiger partial charge in [-0.3, -0.25) is 0 Å². The molecule has 4 aromatic rings. The van der Waals surface area contributed by atoms with E-state index in [1.807, 2.05) is 41.9 Å². The van der Waals surface area contributed by atoms with E-state index in [9.17, 15) is 4.79 Å². The average Bonchev–Trinajstić information content (AvgIpc) is 2.89. The van der Waals surface area contributed by atoms with E-state index < -0.39 is 5.63 Å². The van der Waals surface area contributed by atoms with Crippen molar-refractivity contribution in [1.82, 2.24) is 14.4 Å². The van der Waals surface area contributed by atoms with Gasteiger partial charge >= 0.3 is 5.63 Å². The van der Waals surface area contributed by atoms with E-state index in [-0.39, 0.29) is 0 Å². The van der Waals surface area contributed by atoms with E-state index in [0.717, 1.165) is 16.6 Å². The van der Waals surface area contributed by atoms with Gasteiger partial charge in [0.2, 0.25) is 5.71 Å². The number of nitrogens with zero attached hydrogens (tertiary/aromatic N) is 3. The van der Waals surface area contributed by atoms with E-state index in [2.05, 4.69) is 9.97 Å². The van der Waals surface area contributed by atoms with Gasteiger partial charge in [-0.25, -0.2) is 14.8 Å². The fraction of sp³-hybridized carbons (Fsp3) is 0.0625. The first-order valence-electron chi connectivity index (χ1n) is 6.55. The van der Waals surface area contributed by atoms with Gasteiger partial charge in [0, 0.05) is 24.0 Å². The van der Waals surface area contributed by atoms with E-state index in [0.29, 0.717) is 17.0 Å². The summed E-state index contributed by atoms with van der Waals surface area (Å²) in [4.78, 5) is 20.6. The number of rotatable bonds is 1. The van der Waals surface area contributed by atoms with Crippen LogP contribution in [-0.2, 0) is 0 Å². The number of imidazole rings is 1. The second-order valence-electron chi connectivity index (χ2n) is 4.94. The van der Waals surface area contributed by atoms with Gasteiger partial charge in [-0.05, 0) is 36.8 Å². The van der Waals surface area contributed by atoms with Crippen LogP contribution in [0.3, 0.4) is 0 Å². The lowest BCUT2D eigenvalue weighted by Gasteiger charge is -1.97. The molecule has 0 spiro atoms. The molecule has 4 heterocycles. The zero-order chi connectivity index (χ0) is 14.4. The van der Waals surface area contributed by atoms with Crippen LogP contribution in [-0.4, -0.2) is 14.4 Å². The predicted molar refractivity (Wildman–Crippen MR) is 79.2 cm³/mol. The summed E-state index contributed by atoms with van der Waals surface area (Å²) in [6, 6.07) is 9.33. The second-order valence-corrected chi connectivity index (χ2v) is 4.94. The molecule has 0 aliphatic heterocycles. The maximum absolute atomic E-state index is 12.1. The minimum atomic E-state index is -0.429. The Morgan fingerprint density at radius 3 is 3.00 bits per heavy atom. The van der Waals surface area contributed by atoms with Crippen molar-refractivity contribution < 1.29 is 4.42 Å². The summed E-state index contributed by atoms with van der Waals surface area (Å²) in [5.74, 6) is 0. The van der Waals surface area contributed by atoms with Crippen LogP contribution >= 0.6 is 0 Å². The molecule has 0 aliphatic carbocycles. The van der Waals surface area contributed by atoms with E-state index in [4.69, 9.17) is 4.42 Å². The minimum Gasteiger partial charge on any atom is -0.403 e. The molecule has 0 saturated carbocycles. The summed E-state index contributed by atoms with van der Waals surface area (Å²) in [5, 5.41) is 0.778. The predicted octanol–water partition coefficient (Wildman–Crippen LogP) is 2.81. The second kappa shape index (κ2) is 4.28. The molecular weight excluding hydrogens is 266 g/mol. The van der Waals surface area contributed by atoms with Crippen LogP contribution in [0.1, 0.15) is 5.56 Å². The molecule has 21 heavy (non-hydrogen) atoms.